The second kappa shape index (κ2) is 10.2. The maximum Gasteiger partial charge on any atom is 0.333 e. The standard InChI is InChI=1S/C8H15NO2.C2H7N/c1-7(2)8(10)11-6-5-9(3)4;1-3-2/h1,5-6H2,2-4H3;3H,1-2H3. The van der Waals surface area contributed by atoms with Gasteiger partial charge in [0, 0.05) is 12.1 Å². The lowest BCUT2D eigenvalue weighted by atomic mass is 10.4. The minimum Gasteiger partial charge on any atom is -0.461 e. The van der Waals surface area contributed by atoms with Gasteiger partial charge >= 0.3 is 5.97 Å². The van der Waals surface area contributed by atoms with Crippen molar-refractivity contribution < 1.29 is 9.53 Å². The number of hydrogen-bond donors (Lipinski definition) is 1. The number of hydrogen-bond acceptors (Lipinski definition) is 4. The summed E-state index contributed by atoms with van der Waals surface area (Å²) in [4.78, 5) is 12.7. The summed E-state index contributed by atoms with van der Waals surface area (Å²) in [6, 6.07) is 0. The molecule has 0 unspecified atom stereocenters. The summed E-state index contributed by atoms with van der Waals surface area (Å²) in [5.41, 5.74) is 0.448. The average Bonchev–Trinajstić information content (AvgIpc) is 2.04. The first kappa shape index (κ1) is 15.6. The molecule has 0 aromatic carbocycles. The van der Waals surface area contributed by atoms with E-state index in [0.717, 1.165) is 6.54 Å². The van der Waals surface area contributed by atoms with E-state index in [9.17, 15) is 4.79 Å². The predicted molar refractivity (Wildman–Crippen MR) is 59.3 cm³/mol. The Hall–Kier alpha value is -0.870. The molecule has 0 spiro atoms. The highest BCUT2D eigenvalue weighted by Gasteiger charge is 2.01. The van der Waals surface area contributed by atoms with Crippen molar-refractivity contribution in [3.63, 3.8) is 0 Å². The number of esters is 1. The van der Waals surface area contributed by atoms with Crippen LogP contribution in [0.2, 0.25) is 0 Å². The second-order valence-corrected chi connectivity index (χ2v) is 3.22. The maximum absolute atomic E-state index is 10.8. The van der Waals surface area contributed by atoms with Crippen LogP contribution in [0.4, 0.5) is 0 Å². The van der Waals surface area contributed by atoms with Crippen LogP contribution in [0.3, 0.4) is 0 Å². The summed E-state index contributed by atoms with van der Waals surface area (Å²) >= 11 is 0. The van der Waals surface area contributed by atoms with Gasteiger partial charge in [0.2, 0.25) is 0 Å². The first-order valence-electron chi connectivity index (χ1n) is 4.51. The van der Waals surface area contributed by atoms with Crippen LogP contribution >= 0.6 is 0 Å². The van der Waals surface area contributed by atoms with Crippen molar-refractivity contribution in [2.24, 2.45) is 0 Å². The SMILES string of the molecule is C=C(C)C(=O)OCCN(C)C.CNC. The van der Waals surface area contributed by atoms with E-state index in [4.69, 9.17) is 4.74 Å². The Morgan fingerprint density at radius 1 is 1.43 bits per heavy atom. The Balaban J connectivity index is 0. The molecule has 0 bridgehead atoms. The quantitative estimate of drug-likeness (QED) is 0.532. The zero-order chi connectivity index (χ0) is 11.6. The summed E-state index contributed by atoms with van der Waals surface area (Å²) in [5.74, 6) is -0.313. The summed E-state index contributed by atoms with van der Waals surface area (Å²) in [6.07, 6.45) is 0. The predicted octanol–water partition coefficient (Wildman–Crippen LogP) is 0.503. The summed E-state index contributed by atoms with van der Waals surface area (Å²) in [7, 11) is 7.60. The van der Waals surface area contributed by atoms with Gasteiger partial charge in [0.25, 0.3) is 0 Å². The van der Waals surface area contributed by atoms with Gasteiger partial charge in [-0.15, -0.1) is 0 Å². The van der Waals surface area contributed by atoms with Gasteiger partial charge in [-0.25, -0.2) is 4.79 Å². The molecule has 4 heteroatoms. The molecule has 0 saturated carbocycles. The van der Waals surface area contributed by atoms with E-state index < -0.39 is 0 Å². The smallest absolute Gasteiger partial charge is 0.333 e. The topological polar surface area (TPSA) is 41.6 Å². The molecule has 0 aliphatic carbocycles. The van der Waals surface area contributed by atoms with Crippen molar-refractivity contribution >= 4 is 5.97 Å². The number of likely N-dealkylation sites (N-methyl/N-ethyl adjacent to an activating group) is 1. The van der Waals surface area contributed by atoms with Crippen LogP contribution in [0.25, 0.3) is 0 Å². The molecule has 0 amide bonds. The van der Waals surface area contributed by atoms with E-state index in [0.29, 0.717) is 12.2 Å². The fraction of sp³-hybridized carbons (Fsp3) is 0.700. The van der Waals surface area contributed by atoms with Crippen molar-refractivity contribution in [2.45, 2.75) is 6.92 Å². The number of nitrogens with zero attached hydrogens (tertiary/aromatic N) is 1. The zero-order valence-corrected chi connectivity index (χ0v) is 9.89. The fourth-order valence-electron chi connectivity index (χ4n) is 0.444. The minimum atomic E-state index is -0.313. The molecular weight excluding hydrogens is 180 g/mol. The van der Waals surface area contributed by atoms with Gasteiger partial charge in [-0.05, 0) is 35.1 Å². The van der Waals surface area contributed by atoms with E-state index in [2.05, 4.69) is 11.9 Å². The lowest BCUT2D eigenvalue weighted by Gasteiger charge is -2.09. The molecule has 0 radical (unpaired) electrons. The highest BCUT2D eigenvalue weighted by Crippen LogP contribution is 1.91. The molecule has 0 rings (SSSR count). The number of rotatable bonds is 4. The van der Waals surface area contributed by atoms with Gasteiger partial charge in [0.05, 0.1) is 0 Å². The van der Waals surface area contributed by atoms with Crippen LogP contribution in [0.5, 0.6) is 0 Å². The molecule has 0 atom stereocenters. The second-order valence-electron chi connectivity index (χ2n) is 3.22. The van der Waals surface area contributed by atoms with Crippen molar-refractivity contribution in [1.29, 1.82) is 0 Å². The molecule has 0 aliphatic heterocycles. The maximum atomic E-state index is 10.8. The van der Waals surface area contributed by atoms with E-state index in [1.165, 1.54) is 0 Å². The van der Waals surface area contributed by atoms with Crippen LogP contribution in [-0.4, -0.2) is 52.2 Å². The third kappa shape index (κ3) is 13.7. The lowest BCUT2D eigenvalue weighted by Crippen LogP contribution is -2.20. The monoisotopic (exact) mass is 202 g/mol. The van der Waals surface area contributed by atoms with Gasteiger partial charge in [-0.1, -0.05) is 6.58 Å². The van der Waals surface area contributed by atoms with Crippen LogP contribution in [-0.2, 0) is 9.53 Å². The molecule has 84 valence electrons. The normalized spacial score (nSPS) is 9.00. The number of carbonyl (C=O) groups excluding carboxylic acids is 1. The Morgan fingerprint density at radius 3 is 2.14 bits per heavy atom. The van der Waals surface area contributed by atoms with Crippen LogP contribution in [0.15, 0.2) is 12.2 Å². The van der Waals surface area contributed by atoms with Gasteiger partial charge in [0.1, 0.15) is 6.61 Å². The molecule has 0 saturated heterocycles. The summed E-state index contributed by atoms with van der Waals surface area (Å²) in [5, 5.41) is 2.75. The highest BCUT2D eigenvalue weighted by atomic mass is 16.5. The van der Waals surface area contributed by atoms with E-state index in [-0.39, 0.29) is 5.97 Å². The Labute approximate surface area is 86.9 Å². The number of carbonyl (C=O) groups is 1. The average molecular weight is 202 g/mol. The van der Waals surface area contributed by atoms with Gasteiger partial charge in [-0.3, -0.25) is 0 Å². The first-order chi connectivity index (χ1) is 6.45. The van der Waals surface area contributed by atoms with Gasteiger partial charge in [0.15, 0.2) is 0 Å². The van der Waals surface area contributed by atoms with Crippen molar-refractivity contribution in [3.8, 4) is 0 Å². The third-order valence-corrected chi connectivity index (χ3v) is 1.12. The van der Waals surface area contributed by atoms with E-state index >= 15 is 0 Å². The molecule has 0 fully saturated rings. The summed E-state index contributed by atoms with van der Waals surface area (Å²) in [6.45, 7) is 6.28. The Kier molecular flexibility index (Phi) is 11.4. The van der Waals surface area contributed by atoms with Crippen molar-refractivity contribution in [1.82, 2.24) is 10.2 Å². The Bertz CT molecular complexity index is 168. The molecule has 14 heavy (non-hydrogen) atoms. The minimum absolute atomic E-state index is 0.313. The first-order valence-corrected chi connectivity index (χ1v) is 4.51. The Morgan fingerprint density at radius 2 is 1.86 bits per heavy atom. The number of nitrogens with one attached hydrogen (secondary N) is 1. The molecule has 0 aromatic rings. The van der Waals surface area contributed by atoms with Gasteiger partial charge in [-0.2, -0.15) is 0 Å². The largest absolute Gasteiger partial charge is 0.461 e. The van der Waals surface area contributed by atoms with E-state index in [1.807, 2.05) is 33.1 Å². The highest BCUT2D eigenvalue weighted by molar-refractivity contribution is 5.86. The molecule has 4 nitrogen and oxygen atoms in total. The number of ether oxygens (including phenoxy) is 1. The molecule has 0 aromatic heterocycles. The van der Waals surface area contributed by atoms with Crippen molar-refractivity contribution in [3.05, 3.63) is 12.2 Å². The lowest BCUT2D eigenvalue weighted by molar-refractivity contribution is -0.139. The molecule has 1 N–H and O–H groups in total. The van der Waals surface area contributed by atoms with Crippen molar-refractivity contribution in [2.75, 3.05) is 41.3 Å². The van der Waals surface area contributed by atoms with Crippen LogP contribution < -0.4 is 5.32 Å². The molecular formula is C10H22N2O2. The van der Waals surface area contributed by atoms with Gasteiger partial charge < -0.3 is 15.0 Å². The summed E-state index contributed by atoms with van der Waals surface area (Å²) < 4.78 is 4.83. The fourth-order valence-corrected chi connectivity index (χ4v) is 0.444. The molecule has 0 heterocycles. The van der Waals surface area contributed by atoms with Crippen LogP contribution in [0.1, 0.15) is 6.92 Å². The van der Waals surface area contributed by atoms with E-state index in [1.54, 1.807) is 6.92 Å². The third-order valence-electron chi connectivity index (χ3n) is 1.12. The molecule has 0 aliphatic rings. The zero-order valence-electron chi connectivity index (χ0n) is 9.89. The van der Waals surface area contributed by atoms with Crippen LogP contribution in [0, 0.1) is 0 Å².